The van der Waals surface area contributed by atoms with E-state index in [4.69, 9.17) is 49.4 Å². The molecule has 8 bridgehead atoms. The van der Waals surface area contributed by atoms with Crippen molar-refractivity contribution in [2.75, 3.05) is 0 Å². The van der Waals surface area contributed by atoms with E-state index < -0.39 is 76.2 Å². The molecule has 0 saturated carbocycles. The van der Waals surface area contributed by atoms with Gasteiger partial charge in [-0.3, -0.25) is 0 Å². The maximum atomic E-state index is 5.69. The summed E-state index contributed by atoms with van der Waals surface area (Å²) in [5.41, 5.74) is 0. The van der Waals surface area contributed by atoms with Crippen molar-refractivity contribution >= 4 is 76.2 Å². The van der Waals surface area contributed by atoms with Crippen LogP contribution >= 0.6 is 0 Å². The first-order valence-electron chi connectivity index (χ1n) is 5.66. The fourth-order valence-corrected chi connectivity index (χ4v) is 30.6. The van der Waals surface area contributed by atoms with Gasteiger partial charge < -0.3 is 49.4 Å². The van der Waals surface area contributed by atoms with Gasteiger partial charge in [-0.05, 0) is 0 Å². The average molecular weight is 425 g/mol. The van der Waals surface area contributed by atoms with Crippen molar-refractivity contribution in [1.29, 1.82) is 0 Å². The highest BCUT2D eigenvalue weighted by molar-refractivity contribution is 6.82. The topological polar surface area (TPSA) is 111 Å². The Kier molecular flexibility index (Phi) is 3.70. The molecular weight excluding hydrogens is 417 g/mol. The highest BCUT2D eigenvalue weighted by Gasteiger charge is 2.54. The smallest absolute Gasteiger partial charge is 0.378 e. The second kappa shape index (κ2) is 5.41. The Hall–Kier alpha value is 1.26. The zero-order valence-corrected chi connectivity index (χ0v) is 18.8. The third-order valence-corrected chi connectivity index (χ3v) is 24.0. The van der Waals surface area contributed by atoms with Gasteiger partial charge in [-0.15, -0.1) is 0 Å². The standard InChI is InChI=1S/H8O12Si8/c1-13-2-15-6-17-4-14(1)5-18-7-16(3-13)9-19(8-15)12-20(10-17)11-18/h13-20H. The molecule has 0 amide bonds. The van der Waals surface area contributed by atoms with Gasteiger partial charge in [-0.1, -0.05) is 0 Å². The summed E-state index contributed by atoms with van der Waals surface area (Å²) < 4.78 is 68.3. The van der Waals surface area contributed by atoms with Crippen LogP contribution in [-0.4, -0.2) is 76.2 Å². The van der Waals surface area contributed by atoms with Crippen molar-refractivity contribution in [3.8, 4) is 0 Å². The lowest BCUT2D eigenvalue weighted by Gasteiger charge is -2.44. The Morgan fingerprint density at radius 2 is 0.300 bits per heavy atom. The van der Waals surface area contributed by atoms with Crippen LogP contribution in [0.25, 0.3) is 0 Å². The molecular formula is H8O12Si8. The molecule has 0 aromatic rings. The van der Waals surface area contributed by atoms with E-state index in [0.717, 1.165) is 0 Å². The maximum Gasteiger partial charge on any atom is 0.461 e. The van der Waals surface area contributed by atoms with Crippen LogP contribution in [0.3, 0.4) is 0 Å². The van der Waals surface area contributed by atoms with Crippen LogP contribution in [0.2, 0.25) is 0 Å². The molecule has 20 heavy (non-hydrogen) atoms. The molecule has 0 radical (unpaired) electrons. The highest BCUT2D eigenvalue weighted by atomic mass is 28.6. The summed E-state index contributed by atoms with van der Waals surface area (Å²) in [4.78, 5) is 0. The van der Waals surface area contributed by atoms with Gasteiger partial charge in [0.1, 0.15) is 0 Å². The SMILES string of the molecule is O1[SiH]2O[SiH]3O[SiH]4O[SiH]1O[SiH]1O[SiH](O2)O[SiH](O3)O[SiH](O4)O1. The van der Waals surface area contributed by atoms with Gasteiger partial charge in [0, 0.05) is 0 Å². The number of hydrogen-bond acceptors (Lipinski definition) is 12. The maximum absolute atomic E-state index is 5.69. The lowest BCUT2D eigenvalue weighted by atomic mass is 15.5. The van der Waals surface area contributed by atoms with Crippen LogP contribution in [0.15, 0.2) is 0 Å². The van der Waals surface area contributed by atoms with E-state index in [0.29, 0.717) is 0 Å². The molecule has 0 atom stereocenters. The van der Waals surface area contributed by atoms with E-state index in [1.54, 1.807) is 0 Å². The molecule has 0 aromatic carbocycles. The molecule has 0 spiro atoms. The largest absolute Gasteiger partial charge is 0.461 e. The average Bonchev–Trinajstić information content (AvgIpc) is 2.18. The van der Waals surface area contributed by atoms with E-state index in [-0.39, 0.29) is 0 Å². The van der Waals surface area contributed by atoms with Crippen molar-refractivity contribution in [3.05, 3.63) is 0 Å². The van der Waals surface area contributed by atoms with E-state index in [9.17, 15) is 0 Å². The molecule has 20 heteroatoms. The van der Waals surface area contributed by atoms with Gasteiger partial charge in [-0.2, -0.15) is 0 Å². The number of rotatable bonds is 0. The van der Waals surface area contributed by atoms with Crippen molar-refractivity contribution < 1.29 is 49.4 Å². The fourth-order valence-electron chi connectivity index (χ4n) is 1.86. The van der Waals surface area contributed by atoms with Crippen LogP contribution in [-0.2, 0) is 49.4 Å². The van der Waals surface area contributed by atoms with E-state index in [1.165, 1.54) is 0 Å². The predicted molar refractivity (Wildman–Crippen MR) is 70.2 cm³/mol. The zero-order chi connectivity index (χ0) is 13.1. The number of hydrogen-bond donors (Lipinski definition) is 0. The molecule has 6 rings (SSSR count). The third kappa shape index (κ3) is 2.64. The van der Waals surface area contributed by atoms with Crippen molar-refractivity contribution in [3.63, 3.8) is 0 Å². The molecule has 6 aliphatic heterocycles. The second-order valence-corrected chi connectivity index (χ2v) is 21.6. The van der Waals surface area contributed by atoms with Crippen LogP contribution in [0, 0.1) is 0 Å². The highest BCUT2D eigenvalue weighted by Crippen LogP contribution is 2.25. The van der Waals surface area contributed by atoms with Crippen LogP contribution in [0.5, 0.6) is 0 Å². The quantitative estimate of drug-likeness (QED) is 0.345. The van der Waals surface area contributed by atoms with Gasteiger partial charge in [0.25, 0.3) is 0 Å². The second-order valence-electron chi connectivity index (χ2n) is 3.94. The van der Waals surface area contributed by atoms with Crippen LogP contribution in [0.4, 0.5) is 0 Å². The summed E-state index contributed by atoms with van der Waals surface area (Å²) in [6.07, 6.45) is 0. The monoisotopic (exact) mass is 424 g/mol. The molecule has 0 N–H and O–H groups in total. The Bertz CT molecular complexity index is 239. The third-order valence-electron chi connectivity index (χ3n) is 2.67. The van der Waals surface area contributed by atoms with Gasteiger partial charge in [0.2, 0.25) is 0 Å². The van der Waals surface area contributed by atoms with E-state index in [2.05, 4.69) is 0 Å². The summed E-state index contributed by atoms with van der Waals surface area (Å²) in [5.74, 6) is 0. The van der Waals surface area contributed by atoms with Gasteiger partial charge >= 0.3 is 76.2 Å². The Balaban J connectivity index is 1.57. The lowest BCUT2D eigenvalue weighted by molar-refractivity contribution is 0.0408. The molecule has 0 aromatic heterocycles. The Labute approximate surface area is 125 Å². The molecule has 6 fully saturated rings. The molecule has 12 nitrogen and oxygen atoms in total. The van der Waals surface area contributed by atoms with Crippen LogP contribution in [0.1, 0.15) is 0 Å². The first-order chi connectivity index (χ1) is 9.80. The minimum atomic E-state index is -2.51. The fraction of sp³-hybridized carbons (Fsp3) is 0. The summed E-state index contributed by atoms with van der Waals surface area (Å²) >= 11 is 0. The molecule has 0 aliphatic carbocycles. The zero-order valence-electron chi connectivity index (χ0n) is 9.52. The van der Waals surface area contributed by atoms with E-state index in [1.807, 2.05) is 0 Å². The summed E-state index contributed by atoms with van der Waals surface area (Å²) in [5, 5.41) is 0. The predicted octanol–water partition coefficient (Wildman–Crippen LogP) is -6.01. The van der Waals surface area contributed by atoms with Crippen molar-refractivity contribution in [1.82, 2.24) is 0 Å². The minimum absolute atomic E-state index is 2.51. The molecule has 0 unspecified atom stereocenters. The van der Waals surface area contributed by atoms with Crippen molar-refractivity contribution in [2.24, 2.45) is 0 Å². The normalized spacial score (nSPS) is 57.6. The Morgan fingerprint density at radius 3 is 0.400 bits per heavy atom. The molecule has 112 valence electrons. The lowest BCUT2D eigenvalue weighted by Crippen LogP contribution is -2.68. The molecule has 6 heterocycles. The summed E-state index contributed by atoms with van der Waals surface area (Å²) in [7, 11) is -20.1. The van der Waals surface area contributed by atoms with Gasteiger partial charge in [0.15, 0.2) is 0 Å². The van der Waals surface area contributed by atoms with Crippen molar-refractivity contribution in [2.45, 2.75) is 0 Å². The Morgan fingerprint density at radius 1 is 0.200 bits per heavy atom. The summed E-state index contributed by atoms with van der Waals surface area (Å²) in [6, 6.07) is 0. The molecule has 6 saturated heterocycles. The van der Waals surface area contributed by atoms with Gasteiger partial charge in [0.05, 0.1) is 0 Å². The first kappa shape index (κ1) is 13.7. The van der Waals surface area contributed by atoms with E-state index >= 15 is 0 Å². The van der Waals surface area contributed by atoms with Gasteiger partial charge in [-0.25, -0.2) is 0 Å². The minimum Gasteiger partial charge on any atom is -0.378 e. The molecule has 6 aliphatic rings. The van der Waals surface area contributed by atoms with Crippen LogP contribution < -0.4 is 0 Å². The first-order valence-corrected chi connectivity index (χ1v) is 17.0. The summed E-state index contributed by atoms with van der Waals surface area (Å²) in [6.45, 7) is 0.